The molecule has 1 aromatic carbocycles. The van der Waals surface area contributed by atoms with Crippen molar-refractivity contribution >= 4 is 17.9 Å². The van der Waals surface area contributed by atoms with Crippen LogP contribution in [0.2, 0.25) is 0 Å². The first-order chi connectivity index (χ1) is 14.9. The molecule has 2 atom stereocenters. The van der Waals surface area contributed by atoms with Gasteiger partial charge in [0.05, 0.1) is 12.7 Å². The number of amides is 3. The molecule has 0 fully saturated rings. The average Bonchev–Trinajstić information content (AvgIpc) is 2.69. The lowest BCUT2D eigenvalue weighted by molar-refractivity contribution is -0.142. The minimum atomic E-state index is -1.42. The first-order valence-corrected chi connectivity index (χ1v) is 10.1. The van der Waals surface area contributed by atoms with Crippen LogP contribution < -0.4 is 10.6 Å². The summed E-state index contributed by atoms with van der Waals surface area (Å²) >= 11 is 0. The molecule has 0 saturated carbocycles. The fraction of sp³-hybridized carbons (Fsp3) is 0.478. The predicted octanol–water partition coefficient (Wildman–Crippen LogP) is 1.47. The zero-order chi connectivity index (χ0) is 24.5. The van der Waals surface area contributed by atoms with Crippen molar-refractivity contribution in [2.75, 3.05) is 13.2 Å². The Morgan fingerprint density at radius 2 is 1.78 bits per heavy atom. The lowest BCUT2D eigenvalue weighted by Crippen LogP contribution is -2.54. The van der Waals surface area contributed by atoms with Gasteiger partial charge in [0.2, 0.25) is 11.8 Å². The van der Waals surface area contributed by atoms with Crippen LogP contribution in [-0.4, -0.2) is 58.8 Å². The highest BCUT2D eigenvalue weighted by molar-refractivity contribution is 5.92. The van der Waals surface area contributed by atoms with Gasteiger partial charge in [0, 0.05) is 11.6 Å². The van der Waals surface area contributed by atoms with Crippen LogP contribution in [-0.2, 0) is 14.3 Å². The molecule has 1 aromatic rings. The molecule has 2 unspecified atom stereocenters. The van der Waals surface area contributed by atoms with Gasteiger partial charge in [-0.3, -0.25) is 9.59 Å². The fourth-order valence-electron chi connectivity index (χ4n) is 2.81. The average molecular weight is 443 g/mol. The largest absolute Gasteiger partial charge is 0.444 e. The third-order valence-corrected chi connectivity index (χ3v) is 4.08. The Balaban J connectivity index is 3.34. The van der Waals surface area contributed by atoms with E-state index in [1.54, 1.807) is 58.9 Å². The smallest absolute Gasteiger partial charge is 0.408 e. The molecule has 32 heavy (non-hydrogen) atoms. The lowest BCUT2D eigenvalue weighted by atomic mass is 10.0. The first kappa shape index (κ1) is 26.5. The van der Waals surface area contributed by atoms with E-state index in [1.807, 2.05) is 6.07 Å². The third-order valence-electron chi connectivity index (χ3n) is 4.08. The van der Waals surface area contributed by atoms with E-state index in [0.717, 1.165) is 4.90 Å². The summed E-state index contributed by atoms with van der Waals surface area (Å²) < 4.78 is 5.14. The first-order valence-electron chi connectivity index (χ1n) is 10.1. The van der Waals surface area contributed by atoms with Gasteiger partial charge in [-0.05, 0) is 52.3 Å². The number of ether oxygens (including phenoxy) is 1. The topological polar surface area (TPSA) is 132 Å². The van der Waals surface area contributed by atoms with Crippen LogP contribution in [0.25, 0.3) is 0 Å². The number of rotatable bonds is 8. The second-order valence-electron chi connectivity index (χ2n) is 8.34. The molecule has 0 aliphatic carbocycles. The van der Waals surface area contributed by atoms with E-state index < -0.39 is 48.7 Å². The fourth-order valence-corrected chi connectivity index (χ4v) is 2.81. The molecule has 172 valence electrons. The molecule has 0 aromatic heterocycles. The summed E-state index contributed by atoms with van der Waals surface area (Å²) in [7, 11) is 0. The number of carbonyl (C=O) groups excluding carboxylic acids is 3. The zero-order valence-corrected chi connectivity index (χ0v) is 19.0. The Morgan fingerprint density at radius 3 is 2.22 bits per heavy atom. The quantitative estimate of drug-likeness (QED) is 0.413. The standard InChI is InChI=1S/C23H30N4O5/c1-7-16-8-10-17(11-9-16)19(20(29)25-15(2)3)27(13-12-24)21(30)18(14-28)26-22(31)32-23(4,5)6/h1,8-11,15,18-19,28H,13-14H2,2-6H3,(H,25,29)(H,26,31). The normalized spacial score (nSPS) is 12.7. The molecular formula is C23H30N4O5. The number of nitrogens with zero attached hydrogens (tertiary/aromatic N) is 2. The molecule has 0 aliphatic rings. The molecule has 0 aliphatic heterocycles. The summed E-state index contributed by atoms with van der Waals surface area (Å²) in [5, 5.41) is 24.1. The Morgan fingerprint density at radius 1 is 1.19 bits per heavy atom. The number of alkyl carbamates (subject to hydrolysis) is 1. The molecule has 0 radical (unpaired) electrons. The number of nitriles is 1. The van der Waals surface area contributed by atoms with Crippen molar-refractivity contribution in [3.8, 4) is 18.4 Å². The Labute approximate surface area is 188 Å². The summed E-state index contributed by atoms with van der Waals surface area (Å²) in [5.74, 6) is 1.13. The van der Waals surface area contributed by atoms with Gasteiger partial charge in [0.25, 0.3) is 0 Å². The second-order valence-corrected chi connectivity index (χ2v) is 8.34. The molecule has 0 bridgehead atoms. The molecule has 9 heteroatoms. The molecular weight excluding hydrogens is 412 g/mol. The van der Waals surface area contributed by atoms with E-state index in [-0.39, 0.29) is 6.04 Å². The Kier molecular flexibility index (Phi) is 9.70. The van der Waals surface area contributed by atoms with Crippen LogP contribution in [0, 0.1) is 23.7 Å². The van der Waals surface area contributed by atoms with Crippen molar-refractivity contribution in [3.05, 3.63) is 35.4 Å². The number of terminal acetylenes is 1. The Hall–Kier alpha value is -3.56. The van der Waals surface area contributed by atoms with Gasteiger partial charge < -0.3 is 25.4 Å². The van der Waals surface area contributed by atoms with Crippen LogP contribution >= 0.6 is 0 Å². The second kappa shape index (κ2) is 11.7. The summed E-state index contributed by atoms with van der Waals surface area (Å²) in [4.78, 5) is 39.4. The number of benzene rings is 1. The zero-order valence-electron chi connectivity index (χ0n) is 19.0. The minimum absolute atomic E-state index is 0.234. The molecule has 3 amide bonds. The summed E-state index contributed by atoms with van der Waals surface area (Å²) in [5.41, 5.74) is 0.173. The molecule has 0 heterocycles. The van der Waals surface area contributed by atoms with Crippen molar-refractivity contribution in [3.63, 3.8) is 0 Å². The molecule has 0 saturated heterocycles. The van der Waals surface area contributed by atoms with Crippen molar-refractivity contribution in [1.82, 2.24) is 15.5 Å². The van der Waals surface area contributed by atoms with E-state index in [4.69, 9.17) is 11.2 Å². The van der Waals surface area contributed by atoms with Gasteiger partial charge in [0.1, 0.15) is 24.2 Å². The van der Waals surface area contributed by atoms with Crippen LogP contribution in [0.15, 0.2) is 24.3 Å². The van der Waals surface area contributed by atoms with Crippen molar-refractivity contribution in [1.29, 1.82) is 5.26 Å². The minimum Gasteiger partial charge on any atom is -0.444 e. The molecule has 0 spiro atoms. The van der Waals surface area contributed by atoms with Crippen LogP contribution in [0.1, 0.15) is 51.8 Å². The van der Waals surface area contributed by atoms with Gasteiger partial charge in [-0.1, -0.05) is 18.1 Å². The van der Waals surface area contributed by atoms with Gasteiger partial charge in [-0.25, -0.2) is 4.79 Å². The van der Waals surface area contributed by atoms with E-state index in [1.165, 1.54) is 0 Å². The van der Waals surface area contributed by atoms with E-state index in [9.17, 15) is 24.8 Å². The number of hydrogen-bond acceptors (Lipinski definition) is 6. The molecule has 9 nitrogen and oxygen atoms in total. The highest BCUT2D eigenvalue weighted by Crippen LogP contribution is 2.23. The van der Waals surface area contributed by atoms with Crippen molar-refractivity contribution in [2.24, 2.45) is 0 Å². The summed E-state index contributed by atoms with van der Waals surface area (Å²) in [6.07, 6.45) is 4.47. The summed E-state index contributed by atoms with van der Waals surface area (Å²) in [6.45, 7) is 7.25. The van der Waals surface area contributed by atoms with Crippen LogP contribution in [0.3, 0.4) is 0 Å². The maximum absolute atomic E-state index is 13.2. The van der Waals surface area contributed by atoms with Crippen LogP contribution in [0.4, 0.5) is 4.79 Å². The molecule has 1 rings (SSSR count). The SMILES string of the molecule is C#Cc1ccc(C(C(=O)NC(C)C)N(CC#N)C(=O)C(CO)NC(=O)OC(C)(C)C)cc1. The van der Waals surface area contributed by atoms with Gasteiger partial charge in [-0.2, -0.15) is 5.26 Å². The van der Waals surface area contributed by atoms with E-state index in [2.05, 4.69) is 16.6 Å². The molecule has 3 N–H and O–H groups in total. The van der Waals surface area contributed by atoms with Gasteiger partial charge >= 0.3 is 6.09 Å². The van der Waals surface area contributed by atoms with E-state index >= 15 is 0 Å². The highest BCUT2D eigenvalue weighted by Gasteiger charge is 2.36. The lowest BCUT2D eigenvalue weighted by Gasteiger charge is -2.32. The number of nitrogens with one attached hydrogen (secondary N) is 2. The number of carbonyl (C=O) groups is 3. The number of hydrogen-bond donors (Lipinski definition) is 3. The predicted molar refractivity (Wildman–Crippen MR) is 118 cm³/mol. The maximum Gasteiger partial charge on any atom is 0.408 e. The maximum atomic E-state index is 13.2. The third kappa shape index (κ3) is 7.93. The van der Waals surface area contributed by atoms with Gasteiger partial charge in [-0.15, -0.1) is 6.42 Å². The summed E-state index contributed by atoms with van der Waals surface area (Å²) in [6, 6.07) is 5.43. The monoisotopic (exact) mass is 442 g/mol. The van der Waals surface area contributed by atoms with Crippen molar-refractivity contribution in [2.45, 2.75) is 58.3 Å². The van der Waals surface area contributed by atoms with E-state index in [0.29, 0.717) is 11.1 Å². The van der Waals surface area contributed by atoms with Gasteiger partial charge in [0.15, 0.2) is 0 Å². The van der Waals surface area contributed by atoms with Crippen LogP contribution in [0.5, 0.6) is 0 Å². The highest BCUT2D eigenvalue weighted by atomic mass is 16.6. The number of aliphatic hydroxyl groups excluding tert-OH is 1. The Bertz CT molecular complexity index is 891. The number of aliphatic hydroxyl groups is 1. The van der Waals surface area contributed by atoms with Crippen molar-refractivity contribution < 1.29 is 24.2 Å².